The highest BCUT2D eigenvalue weighted by Gasteiger charge is 2.14. The third-order valence-corrected chi connectivity index (χ3v) is 3.42. The van der Waals surface area contributed by atoms with Crippen molar-refractivity contribution in [3.05, 3.63) is 64.8 Å². The number of fused-ring (bicyclic) bond motifs is 1. The number of rotatable bonds is 4. The summed E-state index contributed by atoms with van der Waals surface area (Å²) >= 11 is 0. The number of carboxylic acids is 1. The molecule has 23 heavy (non-hydrogen) atoms. The predicted molar refractivity (Wildman–Crippen MR) is 85.6 cm³/mol. The van der Waals surface area contributed by atoms with Gasteiger partial charge in [0.25, 0.3) is 0 Å². The summed E-state index contributed by atoms with van der Waals surface area (Å²) in [6.45, 7) is 1.42. The maximum absolute atomic E-state index is 12.3. The van der Waals surface area contributed by atoms with Gasteiger partial charge in [-0.3, -0.25) is 4.79 Å². The summed E-state index contributed by atoms with van der Waals surface area (Å²) in [4.78, 5) is 23.1. The van der Waals surface area contributed by atoms with Gasteiger partial charge in [0, 0.05) is 11.6 Å². The van der Waals surface area contributed by atoms with E-state index in [9.17, 15) is 9.59 Å². The van der Waals surface area contributed by atoms with Crippen LogP contribution in [0.15, 0.2) is 63.8 Å². The summed E-state index contributed by atoms with van der Waals surface area (Å²) in [7, 11) is 0. The van der Waals surface area contributed by atoms with E-state index >= 15 is 0 Å². The third-order valence-electron chi connectivity index (χ3n) is 3.42. The Morgan fingerprint density at radius 2 is 1.87 bits per heavy atom. The summed E-state index contributed by atoms with van der Waals surface area (Å²) in [5.41, 5.74) is 1.02. The molecule has 1 heterocycles. The number of carboxylic acid groups (broad SMARTS) is 1. The zero-order chi connectivity index (χ0) is 16.4. The Kier molecular flexibility index (Phi) is 3.85. The molecule has 2 aromatic carbocycles. The van der Waals surface area contributed by atoms with E-state index in [0.29, 0.717) is 22.5 Å². The topological polar surface area (TPSA) is 76.7 Å². The molecule has 1 aromatic heterocycles. The van der Waals surface area contributed by atoms with Gasteiger partial charge in [0.1, 0.15) is 17.1 Å². The van der Waals surface area contributed by atoms with Crippen LogP contribution < -0.4 is 10.2 Å². The maximum atomic E-state index is 12.3. The summed E-state index contributed by atoms with van der Waals surface area (Å²) in [6, 6.07) is 15.4. The molecular formula is C18H14O5. The molecule has 3 rings (SSSR count). The van der Waals surface area contributed by atoms with Crippen LogP contribution in [0.5, 0.6) is 5.75 Å². The molecule has 1 N–H and O–H groups in total. The first-order valence-electron chi connectivity index (χ1n) is 7.07. The number of hydrogen-bond donors (Lipinski definition) is 1. The van der Waals surface area contributed by atoms with Crippen LogP contribution in [0, 0.1) is 0 Å². The van der Waals surface area contributed by atoms with Gasteiger partial charge in [0.2, 0.25) is 0 Å². The van der Waals surface area contributed by atoms with Crippen LogP contribution in [0.4, 0.5) is 0 Å². The van der Waals surface area contributed by atoms with Crippen molar-refractivity contribution in [3.63, 3.8) is 0 Å². The fourth-order valence-corrected chi connectivity index (χ4v) is 2.21. The molecule has 0 aliphatic heterocycles. The van der Waals surface area contributed by atoms with Crippen LogP contribution in [0.1, 0.15) is 6.92 Å². The van der Waals surface area contributed by atoms with Gasteiger partial charge in [-0.05, 0) is 25.1 Å². The van der Waals surface area contributed by atoms with Crippen LogP contribution in [-0.2, 0) is 4.79 Å². The minimum absolute atomic E-state index is 0.210. The Labute approximate surface area is 131 Å². The van der Waals surface area contributed by atoms with Gasteiger partial charge >= 0.3 is 5.97 Å². The molecule has 5 nitrogen and oxygen atoms in total. The van der Waals surface area contributed by atoms with Gasteiger partial charge in [0.05, 0.1) is 5.39 Å². The van der Waals surface area contributed by atoms with E-state index in [1.54, 1.807) is 12.1 Å². The van der Waals surface area contributed by atoms with E-state index in [0.717, 1.165) is 5.56 Å². The second kappa shape index (κ2) is 5.96. The van der Waals surface area contributed by atoms with Crippen LogP contribution in [-0.4, -0.2) is 17.2 Å². The smallest absolute Gasteiger partial charge is 0.344 e. The number of ether oxygens (including phenoxy) is 1. The number of hydrogen-bond acceptors (Lipinski definition) is 4. The molecule has 0 radical (unpaired) electrons. The second-order valence-corrected chi connectivity index (χ2v) is 5.10. The fourth-order valence-electron chi connectivity index (χ4n) is 2.21. The van der Waals surface area contributed by atoms with Gasteiger partial charge in [-0.15, -0.1) is 0 Å². The first-order valence-corrected chi connectivity index (χ1v) is 7.07. The number of benzene rings is 2. The van der Waals surface area contributed by atoms with Crippen molar-refractivity contribution in [3.8, 4) is 17.1 Å². The largest absolute Gasteiger partial charge is 0.479 e. The zero-order valence-corrected chi connectivity index (χ0v) is 12.4. The summed E-state index contributed by atoms with van der Waals surface area (Å²) < 4.78 is 11.0. The van der Waals surface area contributed by atoms with Crippen molar-refractivity contribution < 1.29 is 19.1 Å². The summed E-state index contributed by atoms with van der Waals surface area (Å²) in [5, 5.41) is 9.22. The molecule has 3 aromatic rings. The first kappa shape index (κ1) is 14.8. The van der Waals surface area contributed by atoms with Gasteiger partial charge < -0.3 is 14.3 Å². The molecule has 0 bridgehead atoms. The van der Waals surface area contributed by atoms with Crippen LogP contribution in [0.2, 0.25) is 0 Å². The first-order chi connectivity index (χ1) is 11.0. The van der Waals surface area contributed by atoms with E-state index in [1.165, 1.54) is 19.1 Å². The quantitative estimate of drug-likeness (QED) is 0.800. The molecule has 5 heteroatoms. The van der Waals surface area contributed by atoms with Crippen LogP contribution >= 0.6 is 0 Å². The minimum Gasteiger partial charge on any atom is -0.479 e. The van der Waals surface area contributed by atoms with Crippen molar-refractivity contribution >= 4 is 16.9 Å². The predicted octanol–water partition coefficient (Wildman–Crippen LogP) is 3.31. The molecule has 0 amide bonds. The van der Waals surface area contributed by atoms with E-state index in [4.69, 9.17) is 14.3 Å². The van der Waals surface area contributed by atoms with Crippen molar-refractivity contribution in [2.75, 3.05) is 0 Å². The lowest BCUT2D eigenvalue weighted by Crippen LogP contribution is -2.22. The third kappa shape index (κ3) is 3.08. The molecule has 0 fully saturated rings. The number of carbonyl (C=O) groups is 1. The minimum atomic E-state index is -1.07. The highest BCUT2D eigenvalue weighted by molar-refractivity contribution is 5.80. The Morgan fingerprint density at radius 3 is 2.57 bits per heavy atom. The van der Waals surface area contributed by atoms with Crippen molar-refractivity contribution in [2.24, 2.45) is 0 Å². The lowest BCUT2D eigenvalue weighted by molar-refractivity contribution is -0.144. The Balaban J connectivity index is 2.03. The Morgan fingerprint density at radius 1 is 1.13 bits per heavy atom. The molecular weight excluding hydrogens is 296 g/mol. The van der Waals surface area contributed by atoms with E-state index in [2.05, 4.69) is 0 Å². The zero-order valence-electron chi connectivity index (χ0n) is 12.4. The lowest BCUT2D eigenvalue weighted by atomic mass is 10.1. The van der Waals surface area contributed by atoms with Gasteiger partial charge in [-0.2, -0.15) is 0 Å². The molecule has 0 spiro atoms. The fraction of sp³-hybridized carbons (Fsp3) is 0.111. The van der Waals surface area contributed by atoms with Crippen LogP contribution in [0.3, 0.4) is 0 Å². The molecule has 0 aliphatic carbocycles. The van der Waals surface area contributed by atoms with Gasteiger partial charge in [0.15, 0.2) is 11.5 Å². The van der Waals surface area contributed by atoms with Crippen molar-refractivity contribution in [1.82, 2.24) is 0 Å². The highest BCUT2D eigenvalue weighted by Crippen LogP contribution is 2.24. The molecule has 1 atom stereocenters. The number of aliphatic carboxylic acids is 1. The summed E-state index contributed by atoms with van der Waals surface area (Å²) in [5.74, 6) is -0.278. The standard InChI is InChI=1S/C18H14O5/c1-11(18(20)21)22-13-7-8-16-14(9-13)15(19)10-17(23-16)12-5-3-2-4-6-12/h2-11H,1H3,(H,20,21)/t11-/m0/s1. The molecule has 0 aliphatic rings. The average Bonchev–Trinajstić information content (AvgIpc) is 2.56. The molecule has 0 saturated carbocycles. The van der Waals surface area contributed by atoms with Crippen molar-refractivity contribution in [2.45, 2.75) is 13.0 Å². The van der Waals surface area contributed by atoms with E-state index in [1.807, 2.05) is 30.3 Å². The second-order valence-electron chi connectivity index (χ2n) is 5.10. The van der Waals surface area contributed by atoms with Gasteiger partial charge in [-0.1, -0.05) is 30.3 Å². The van der Waals surface area contributed by atoms with Gasteiger partial charge in [-0.25, -0.2) is 4.79 Å². The molecule has 0 unspecified atom stereocenters. The Hall–Kier alpha value is -3.08. The highest BCUT2D eigenvalue weighted by atomic mass is 16.5. The Bertz CT molecular complexity index is 912. The summed E-state index contributed by atoms with van der Waals surface area (Å²) in [6.07, 6.45) is -0.997. The molecule has 0 saturated heterocycles. The maximum Gasteiger partial charge on any atom is 0.344 e. The molecule has 116 valence electrons. The SMILES string of the molecule is C[C@H](Oc1ccc2oc(-c3ccccc3)cc(=O)c2c1)C(=O)O. The van der Waals surface area contributed by atoms with E-state index < -0.39 is 12.1 Å². The van der Waals surface area contributed by atoms with E-state index in [-0.39, 0.29) is 5.43 Å². The van der Waals surface area contributed by atoms with Crippen LogP contribution in [0.25, 0.3) is 22.3 Å². The normalized spacial score (nSPS) is 12.0. The lowest BCUT2D eigenvalue weighted by Gasteiger charge is -2.10. The average molecular weight is 310 g/mol. The monoisotopic (exact) mass is 310 g/mol. The van der Waals surface area contributed by atoms with Crippen molar-refractivity contribution in [1.29, 1.82) is 0 Å².